The quantitative estimate of drug-likeness (QED) is 0.729. The summed E-state index contributed by atoms with van der Waals surface area (Å²) in [6.07, 6.45) is 5.24. The van der Waals surface area contributed by atoms with Gasteiger partial charge in [-0.25, -0.2) is 0 Å². The fourth-order valence-corrected chi connectivity index (χ4v) is 3.36. The van der Waals surface area contributed by atoms with Gasteiger partial charge < -0.3 is 14.7 Å². The number of para-hydroxylation sites is 1. The van der Waals surface area contributed by atoms with Crippen molar-refractivity contribution in [3.05, 3.63) is 70.2 Å². The van der Waals surface area contributed by atoms with E-state index < -0.39 is 11.2 Å². The molecule has 0 unspecified atom stereocenters. The van der Waals surface area contributed by atoms with E-state index in [1.54, 1.807) is 9.58 Å². The van der Waals surface area contributed by atoms with Crippen LogP contribution in [0.25, 0.3) is 0 Å². The van der Waals surface area contributed by atoms with Crippen LogP contribution in [0.3, 0.4) is 0 Å². The predicted octanol–water partition coefficient (Wildman–Crippen LogP) is 1.61. The molecule has 2 bridgehead atoms. The summed E-state index contributed by atoms with van der Waals surface area (Å²) in [4.78, 5) is 26.3. The molecule has 7 nitrogen and oxygen atoms in total. The summed E-state index contributed by atoms with van der Waals surface area (Å²) in [5, 5.41) is 12.2. The maximum absolute atomic E-state index is 12.8. The first-order valence-corrected chi connectivity index (χ1v) is 8.45. The largest absolute Gasteiger partial charge is 0.502 e. The zero-order valence-corrected chi connectivity index (χ0v) is 14.3. The first-order valence-electron chi connectivity index (χ1n) is 8.45. The van der Waals surface area contributed by atoms with Crippen molar-refractivity contribution in [2.24, 2.45) is 0 Å². The van der Waals surface area contributed by atoms with Crippen molar-refractivity contribution in [1.29, 1.82) is 0 Å². The van der Waals surface area contributed by atoms with E-state index >= 15 is 0 Å². The maximum atomic E-state index is 12.8. The van der Waals surface area contributed by atoms with E-state index in [2.05, 4.69) is 0 Å². The Morgan fingerprint density at radius 1 is 1.15 bits per heavy atom. The number of aromatic hydroxyl groups is 1. The molecule has 1 amide bonds. The van der Waals surface area contributed by atoms with Crippen LogP contribution in [0.2, 0.25) is 0 Å². The minimum Gasteiger partial charge on any atom is -0.502 e. The van der Waals surface area contributed by atoms with Crippen LogP contribution in [0.4, 0.5) is 0 Å². The molecule has 1 aromatic heterocycles. The van der Waals surface area contributed by atoms with E-state index in [0.29, 0.717) is 19.8 Å². The Morgan fingerprint density at radius 3 is 2.81 bits per heavy atom. The summed E-state index contributed by atoms with van der Waals surface area (Å²) in [6, 6.07) is 8.85. The van der Waals surface area contributed by atoms with Gasteiger partial charge >= 0.3 is 0 Å². The standard InChI is InChI=1S/C19H19N3O4/c1-13-14-6-2-3-7-16(14)26-11-5-4-9-20-12-22(13)21-10-8-15(23)18(24)17(21)19(20)25/h2-8,10,13,24H,9,11-12H2,1H3/b5-4+/t13-/m0/s1. The number of hydrogen-bond donors (Lipinski definition) is 1. The number of aromatic nitrogens is 1. The van der Waals surface area contributed by atoms with Gasteiger partial charge in [0.15, 0.2) is 11.4 Å². The van der Waals surface area contributed by atoms with Crippen molar-refractivity contribution >= 4 is 5.91 Å². The second-order valence-electron chi connectivity index (χ2n) is 6.33. The maximum Gasteiger partial charge on any atom is 0.278 e. The van der Waals surface area contributed by atoms with E-state index in [4.69, 9.17) is 4.74 Å². The van der Waals surface area contributed by atoms with Gasteiger partial charge in [0.25, 0.3) is 5.91 Å². The number of nitrogens with zero attached hydrogens (tertiary/aromatic N) is 3. The molecule has 0 saturated heterocycles. The Balaban J connectivity index is 1.91. The van der Waals surface area contributed by atoms with Crippen LogP contribution in [0, 0.1) is 0 Å². The monoisotopic (exact) mass is 353 g/mol. The van der Waals surface area contributed by atoms with Crippen molar-refractivity contribution in [2.45, 2.75) is 13.0 Å². The molecule has 2 aliphatic rings. The molecule has 1 atom stereocenters. The van der Waals surface area contributed by atoms with Crippen molar-refractivity contribution in [3.8, 4) is 11.5 Å². The molecule has 2 aliphatic heterocycles. The highest BCUT2D eigenvalue weighted by Crippen LogP contribution is 2.32. The van der Waals surface area contributed by atoms with Crippen LogP contribution < -0.4 is 15.2 Å². The first kappa shape index (κ1) is 16.3. The normalized spacial score (nSPS) is 20.5. The number of hydrogen-bond acceptors (Lipinski definition) is 5. The lowest BCUT2D eigenvalue weighted by Gasteiger charge is -2.42. The van der Waals surface area contributed by atoms with Gasteiger partial charge in [0, 0.05) is 24.4 Å². The molecular weight excluding hydrogens is 334 g/mol. The molecule has 7 heteroatoms. The number of fused-ring (bicyclic) bond motifs is 5. The molecule has 2 aromatic rings. The number of carbonyl (C=O) groups excluding carboxylic acids is 1. The third kappa shape index (κ3) is 2.52. The van der Waals surface area contributed by atoms with Crippen LogP contribution in [0.15, 0.2) is 53.5 Å². The fraction of sp³-hybridized carbons (Fsp3) is 0.263. The molecule has 0 fully saturated rings. The highest BCUT2D eigenvalue weighted by atomic mass is 16.5. The van der Waals surface area contributed by atoms with Crippen molar-refractivity contribution < 1.29 is 14.6 Å². The van der Waals surface area contributed by atoms with Crippen LogP contribution in [-0.4, -0.2) is 40.4 Å². The van der Waals surface area contributed by atoms with Crippen molar-refractivity contribution in [2.75, 3.05) is 24.8 Å². The molecular formula is C19H19N3O4. The predicted molar refractivity (Wildman–Crippen MR) is 96.0 cm³/mol. The van der Waals surface area contributed by atoms with Crippen LogP contribution in [0.1, 0.15) is 29.0 Å². The molecule has 4 rings (SSSR count). The molecule has 0 saturated carbocycles. The molecule has 134 valence electrons. The Labute approximate surface area is 150 Å². The Kier molecular flexibility index (Phi) is 3.91. The molecule has 26 heavy (non-hydrogen) atoms. The van der Waals surface area contributed by atoms with Crippen LogP contribution in [-0.2, 0) is 0 Å². The van der Waals surface area contributed by atoms with Gasteiger partial charge in [0.05, 0.1) is 6.04 Å². The van der Waals surface area contributed by atoms with E-state index in [1.807, 2.05) is 48.4 Å². The van der Waals surface area contributed by atoms with E-state index in [1.165, 1.54) is 12.3 Å². The van der Waals surface area contributed by atoms with Gasteiger partial charge in [-0.05, 0) is 19.1 Å². The van der Waals surface area contributed by atoms with Crippen LogP contribution in [0.5, 0.6) is 11.5 Å². The van der Waals surface area contributed by atoms with Gasteiger partial charge in [-0.15, -0.1) is 0 Å². The Morgan fingerprint density at radius 2 is 1.96 bits per heavy atom. The second kappa shape index (κ2) is 6.25. The summed E-state index contributed by atoms with van der Waals surface area (Å²) in [5.41, 5.74) is 0.380. The van der Waals surface area contributed by atoms with E-state index in [-0.39, 0.29) is 17.6 Å². The summed E-state index contributed by atoms with van der Waals surface area (Å²) in [6.45, 7) is 3.10. The van der Waals surface area contributed by atoms with E-state index in [0.717, 1.165) is 11.3 Å². The average Bonchev–Trinajstić information content (AvgIpc) is 2.67. The first-order chi connectivity index (χ1) is 12.6. The highest BCUT2D eigenvalue weighted by molar-refractivity contribution is 5.96. The van der Waals surface area contributed by atoms with Gasteiger partial charge in [0.2, 0.25) is 5.43 Å². The molecule has 1 aromatic carbocycles. The lowest BCUT2D eigenvalue weighted by molar-refractivity contribution is 0.0699. The topological polar surface area (TPSA) is 75.0 Å². The zero-order chi connectivity index (χ0) is 18.3. The number of pyridine rings is 1. The minimum absolute atomic E-state index is 0.0124. The highest BCUT2D eigenvalue weighted by Gasteiger charge is 2.34. The van der Waals surface area contributed by atoms with Crippen LogP contribution >= 0.6 is 0 Å². The second-order valence-corrected chi connectivity index (χ2v) is 6.33. The minimum atomic E-state index is -0.567. The zero-order valence-electron chi connectivity index (χ0n) is 14.3. The number of ether oxygens (including phenoxy) is 1. The lowest BCUT2D eigenvalue weighted by atomic mass is 10.1. The van der Waals surface area contributed by atoms with Gasteiger partial charge in [-0.1, -0.05) is 24.3 Å². The summed E-state index contributed by atoms with van der Waals surface area (Å²) in [7, 11) is 0. The van der Waals surface area contributed by atoms with E-state index in [9.17, 15) is 14.7 Å². The lowest BCUT2D eigenvalue weighted by Crippen LogP contribution is -2.54. The number of carbonyl (C=O) groups is 1. The van der Waals surface area contributed by atoms with Gasteiger partial charge in [-0.3, -0.25) is 19.3 Å². The molecule has 0 aliphatic carbocycles. The third-order valence-electron chi connectivity index (χ3n) is 4.78. The fourth-order valence-electron chi connectivity index (χ4n) is 3.36. The average molecular weight is 353 g/mol. The smallest absolute Gasteiger partial charge is 0.278 e. The Hall–Kier alpha value is -3.22. The van der Waals surface area contributed by atoms with Gasteiger partial charge in [-0.2, -0.15) is 0 Å². The molecule has 0 radical (unpaired) electrons. The summed E-state index contributed by atoms with van der Waals surface area (Å²) < 4.78 is 7.44. The number of benzene rings is 1. The summed E-state index contributed by atoms with van der Waals surface area (Å²) >= 11 is 0. The Bertz CT molecular complexity index is 950. The number of rotatable bonds is 0. The molecule has 1 N–H and O–H groups in total. The third-order valence-corrected chi connectivity index (χ3v) is 4.78. The van der Waals surface area contributed by atoms with Crippen molar-refractivity contribution in [3.63, 3.8) is 0 Å². The molecule has 0 spiro atoms. The van der Waals surface area contributed by atoms with Gasteiger partial charge in [0.1, 0.15) is 19.0 Å². The summed E-state index contributed by atoms with van der Waals surface area (Å²) in [5.74, 6) is -0.133. The molecule has 3 heterocycles. The SMILES string of the molecule is C[C@H]1c2ccccc2OC/C=C/CN2CN1n1ccc(=O)c(O)c1C2=O. The number of amides is 1. The van der Waals surface area contributed by atoms with Crippen molar-refractivity contribution in [1.82, 2.24) is 9.58 Å².